The maximum absolute atomic E-state index is 5.77. The number of alkyl halides is 1. The van der Waals surface area contributed by atoms with Crippen LogP contribution >= 0.6 is 11.6 Å². The molecule has 0 bridgehead atoms. The van der Waals surface area contributed by atoms with Gasteiger partial charge in [0.05, 0.1) is 0 Å². The fourth-order valence-electron chi connectivity index (χ4n) is 1.56. The van der Waals surface area contributed by atoms with Crippen LogP contribution in [0.1, 0.15) is 16.7 Å². The van der Waals surface area contributed by atoms with Crippen LogP contribution in [-0.4, -0.2) is 0 Å². The van der Waals surface area contributed by atoms with E-state index in [4.69, 9.17) is 16.3 Å². The van der Waals surface area contributed by atoms with Gasteiger partial charge in [0.2, 0.25) is 0 Å². The molecule has 0 unspecified atom stereocenters. The lowest BCUT2D eigenvalue weighted by atomic mass is 10.1. The monoisotopic (exact) mass is 246 g/mol. The highest BCUT2D eigenvalue weighted by Crippen LogP contribution is 2.24. The lowest BCUT2D eigenvalue weighted by Gasteiger charge is -2.08. The summed E-state index contributed by atoms with van der Waals surface area (Å²) in [6.07, 6.45) is 0. The smallest absolute Gasteiger partial charge is 0.127 e. The largest absolute Gasteiger partial charge is 0.457 e. The number of halogens is 1. The summed E-state index contributed by atoms with van der Waals surface area (Å²) in [7, 11) is 0. The van der Waals surface area contributed by atoms with Gasteiger partial charge in [-0.15, -0.1) is 11.6 Å². The van der Waals surface area contributed by atoms with Crippen molar-refractivity contribution in [1.29, 1.82) is 0 Å². The molecule has 88 valence electrons. The maximum Gasteiger partial charge on any atom is 0.127 e. The first-order chi connectivity index (χ1) is 8.19. The molecule has 0 aromatic heterocycles. The van der Waals surface area contributed by atoms with Crippen molar-refractivity contribution in [2.24, 2.45) is 0 Å². The zero-order valence-corrected chi connectivity index (χ0v) is 10.8. The Morgan fingerprint density at radius 2 is 1.53 bits per heavy atom. The third-order valence-electron chi connectivity index (χ3n) is 2.79. The molecule has 0 aliphatic rings. The van der Waals surface area contributed by atoms with Crippen molar-refractivity contribution >= 4 is 11.6 Å². The molecule has 2 aromatic rings. The van der Waals surface area contributed by atoms with Crippen molar-refractivity contribution in [2.45, 2.75) is 19.7 Å². The number of rotatable bonds is 3. The van der Waals surface area contributed by atoms with Crippen LogP contribution in [-0.2, 0) is 5.88 Å². The van der Waals surface area contributed by atoms with Gasteiger partial charge < -0.3 is 4.74 Å². The van der Waals surface area contributed by atoms with E-state index in [9.17, 15) is 0 Å². The van der Waals surface area contributed by atoms with Gasteiger partial charge in [0.25, 0.3) is 0 Å². The van der Waals surface area contributed by atoms with Gasteiger partial charge in [-0.05, 0) is 54.8 Å². The van der Waals surface area contributed by atoms with Crippen LogP contribution in [0.25, 0.3) is 0 Å². The molecule has 0 atom stereocenters. The van der Waals surface area contributed by atoms with E-state index in [1.54, 1.807) is 0 Å². The van der Waals surface area contributed by atoms with Crippen molar-refractivity contribution < 1.29 is 4.74 Å². The van der Waals surface area contributed by atoms with Crippen molar-refractivity contribution in [1.82, 2.24) is 0 Å². The minimum atomic E-state index is 0.532. The van der Waals surface area contributed by atoms with Gasteiger partial charge in [0, 0.05) is 5.88 Å². The maximum atomic E-state index is 5.77. The number of benzene rings is 2. The van der Waals surface area contributed by atoms with E-state index in [0.717, 1.165) is 17.1 Å². The summed E-state index contributed by atoms with van der Waals surface area (Å²) >= 11 is 5.74. The number of hydrogen-bond acceptors (Lipinski definition) is 1. The predicted octanol–water partition coefficient (Wildman–Crippen LogP) is 4.83. The van der Waals surface area contributed by atoms with E-state index in [2.05, 4.69) is 19.9 Å². The summed E-state index contributed by atoms with van der Waals surface area (Å²) in [4.78, 5) is 0. The lowest BCUT2D eigenvalue weighted by Crippen LogP contribution is -1.87. The zero-order chi connectivity index (χ0) is 12.3. The third kappa shape index (κ3) is 3.01. The minimum Gasteiger partial charge on any atom is -0.457 e. The summed E-state index contributed by atoms with van der Waals surface area (Å²) in [5, 5.41) is 0. The van der Waals surface area contributed by atoms with Crippen LogP contribution in [0, 0.1) is 13.8 Å². The lowest BCUT2D eigenvalue weighted by molar-refractivity contribution is 0.482. The quantitative estimate of drug-likeness (QED) is 0.705. The fraction of sp³-hybridized carbons (Fsp3) is 0.200. The second-order valence-corrected chi connectivity index (χ2v) is 4.39. The molecule has 0 N–H and O–H groups in total. The normalized spacial score (nSPS) is 10.3. The van der Waals surface area contributed by atoms with Crippen molar-refractivity contribution in [3.63, 3.8) is 0 Å². The molecule has 0 saturated carbocycles. The zero-order valence-electron chi connectivity index (χ0n) is 10.0. The van der Waals surface area contributed by atoms with Crippen LogP contribution in [0.2, 0.25) is 0 Å². The number of aryl methyl sites for hydroxylation is 2. The van der Waals surface area contributed by atoms with Gasteiger partial charge in [0.15, 0.2) is 0 Å². The van der Waals surface area contributed by atoms with Crippen LogP contribution < -0.4 is 4.74 Å². The van der Waals surface area contributed by atoms with Crippen LogP contribution in [0.15, 0.2) is 42.5 Å². The molecule has 0 aliphatic heterocycles. The summed E-state index contributed by atoms with van der Waals surface area (Å²) in [5.41, 5.74) is 3.61. The molecule has 2 aromatic carbocycles. The highest BCUT2D eigenvalue weighted by atomic mass is 35.5. The van der Waals surface area contributed by atoms with Gasteiger partial charge >= 0.3 is 0 Å². The number of ether oxygens (including phenoxy) is 1. The second-order valence-electron chi connectivity index (χ2n) is 4.13. The first-order valence-corrected chi connectivity index (χ1v) is 6.12. The van der Waals surface area contributed by atoms with Gasteiger partial charge in [-0.25, -0.2) is 0 Å². The highest BCUT2D eigenvalue weighted by Gasteiger charge is 1.99. The van der Waals surface area contributed by atoms with E-state index in [1.165, 1.54) is 11.1 Å². The molecule has 0 amide bonds. The van der Waals surface area contributed by atoms with Crippen molar-refractivity contribution in [3.05, 3.63) is 59.2 Å². The van der Waals surface area contributed by atoms with Gasteiger partial charge in [-0.3, -0.25) is 0 Å². The molecular formula is C15H15ClO. The molecule has 0 radical (unpaired) electrons. The molecule has 1 nitrogen and oxygen atoms in total. The molecule has 0 fully saturated rings. The fourth-order valence-corrected chi connectivity index (χ4v) is 1.74. The average molecular weight is 247 g/mol. The molecule has 2 rings (SSSR count). The Kier molecular flexibility index (Phi) is 3.70. The Bertz CT molecular complexity index is 503. The first-order valence-electron chi connectivity index (χ1n) is 5.59. The van der Waals surface area contributed by atoms with Gasteiger partial charge in [0.1, 0.15) is 11.5 Å². The summed E-state index contributed by atoms with van der Waals surface area (Å²) in [5.74, 6) is 2.23. The van der Waals surface area contributed by atoms with E-state index in [0.29, 0.717) is 5.88 Å². The number of hydrogen-bond donors (Lipinski definition) is 0. The molecule has 17 heavy (non-hydrogen) atoms. The minimum absolute atomic E-state index is 0.532. The molecule has 0 heterocycles. The standard InChI is InChI=1S/C15H15ClO/c1-11-3-6-15(9-12(11)2)17-14-7-4-13(10-16)5-8-14/h3-9H,10H2,1-2H3. The second kappa shape index (κ2) is 5.24. The predicted molar refractivity (Wildman–Crippen MR) is 72.0 cm³/mol. The van der Waals surface area contributed by atoms with Crippen molar-refractivity contribution in [3.8, 4) is 11.5 Å². The van der Waals surface area contributed by atoms with Crippen LogP contribution in [0.3, 0.4) is 0 Å². The SMILES string of the molecule is Cc1ccc(Oc2ccc(CCl)cc2)cc1C. The Morgan fingerprint density at radius 3 is 2.12 bits per heavy atom. The third-order valence-corrected chi connectivity index (χ3v) is 3.10. The summed E-state index contributed by atoms with van der Waals surface area (Å²) in [6.45, 7) is 4.17. The summed E-state index contributed by atoms with van der Waals surface area (Å²) in [6, 6.07) is 13.9. The van der Waals surface area contributed by atoms with E-state index in [1.807, 2.05) is 36.4 Å². The summed E-state index contributed by atoms with van der Waals surface area (Å²) < 4.78 is 5.77. The van der Waals surface area contributed by atoms with E-state index >= 15 is 0 Å². The average Bonchev–Trinajstić information content (AvgIpc) is 2.35. The molecule has 0 aliphatic carbocycles. The Balaban J connectivity index is 2.16. The first kappa shape index (κ1) is 12.0. The van der Waals surface area contributed by atoms with Gasteiger partial charge in [-0.2, -0.15) is 0 Å². The van der Waals surface area contributed by atoms with Crippen LogP contribution in [0.4, 0.5) is 0 Å². The molecule has 0 saturated heterocycles. The Hall–Kier alpha value is -1.47. The molecule has 2 heteroatoms. The molecule has 0 spiro atoms. The Morgan fingerprint density at radius 1 is 0.882 bits per heavy atom. The highest BCUT2D eigenvalue weighted by molar-refractivity contribution is 6.17. The molecular weight excluding hydrogens is 232 g/mol. The van der Waals surface area contributed by atoms with Crippen molar-refractivity contribution in [2.75, 3.05) is 0 Å². The van der Waals surface area contributed by atoms with Gasteiger partial charge in [-0.1, -0.05) is 18.2 Å². The topological polar surface area (TPSA) is 9.23 Å². The van der Waals surface area contributed by atoms with E-state index < -0.39 is 0 Å². The Labute approximate surface area is 107 Å². The van der Waals surface area contributed by atoms with E-state index in [-0.39, 0.29) is 0 Å². The van der Waals surface area contributed by atoms with Crippen LogP contribution in [0.5, 0.6) is 11.5 Å².